The minimum Gasteiger partial charge on any atom is -0.301 e. The molecule has 1 saturated heterocycles. The summed E-state index contributed by atoms with van der Waals surface area (Å²) in [5.41, 5.74) is 7.06. The smallest absolute Gasteiger partial charge is 0.0533 e. The van der Waals surface area contributed by atoms with Crippen LogP contribution in [-0.4, -0.2) is 24.5 Å². The maximum atomic E-state index is 2.99. The topological polar surface area (TPSA) is 3.24 Å². The Labute approximate surface area is 366 Å². The third kappa shape index (κ3) is 1.26. The van der Waals surface area contributed by atoms with E-state index in [0.29, 0.717) is 6.04 Å². The van der Waals surface area contributed by atoms with Crippen molar-refractivity contribution in [3.8, 4) is 0 Å². The number of likely N-dealkylation sites (N-methyl/N-ethyl adjacent to an activating group) is 1. The molecule has 0 bridgehead atoms. The lowest BCUT2D eigenvalue weighted by Gasteiger charge is -2.52. The van der Waals surface area contributed by atoms with Gasteiger partial charge in [-0.2, -0.15) is 0 Å². The Kier molecular flexibility index (Phi) is 2.03. The molecule has 282 valence electrons. The van der Waals surface area contributed by atoms with E-state index in [0.717, 1.165) is 6.54 Å². The molecule has 2 spiro atoms. The highest BCUT2D eigenvalue weighted by Gasteiger charge is 2.75. The molecule has 28 aromatic carbocycles. The molecule has 5 aliphatic rings. The van der Waals surface area contributed by atoms with E-state index in [1.54, 1.807) is 291 Å². The lowest BCUT2D eigenvalue weighted by Crippen LogP contribution is -2.54. The summed E-state index contributed by atoms with van der Waals surface area (Å²) in [5.74, 6) is 0. The second-order valence-electron chi connectivity index (χ2n) is 25.7. The summed E-state index contributed by atoms with van der Waals surface area (Å²) in [6, 6.07) is 0.438. The summed E-state index contributed by atoms with van der Waals surface area (Å²) in [6.07, 6.45) is 2.47. The average molecular weight is 820 g/mol. The maximum Gasteiger partial charge on any atom is 0.0533 e. The summed E-state index contributed by atoms with van der Waals surface area (Å²) in [4.78, 5) is 2.99. The average Bonchev–Trinajstić information content (AvgIpc) is 4.18. The van der Waals surface area contributed by atoms with Crippen molar-refractivity contribution in [2.75, 3.05) is 13.6 Å². The van der Waals surface area contributed by atoms with Crippen LogP contribution in [0.4, 0.5) is 0 Å². The van der Waals surface area contributed by atoms with Gasteiger partial charge in [-0.05, 0) is 327 Å². The zero-order valence-electron chi connectivity index (χ0n) is 35.1. The van der Waals surface area contributed by atoms with Crippen molar-refractivity contribution < 1.29 is 0 Å². The molecule has 1 fully saturated rings. The molecule has 1 nitrogen and oxygen atoms in total. The molecule has 0 aromatic heterocycles. The maximum absolute atomic E-state index is 2.99. The van der Waals surface area contributed by atoms with Gasteiger partial charge in [0.25, 0.3) is 0 Å². The summed E-state index contributed by atoms with van der Waals surface area (Å²) in [6.45, 7) is 3.65. The summed E-state index contributed by atoms with van der Waals surface area (Å²) >= 11 is 0. The standard InChI is InChI=1S/C66H13N/c1-3-4-6-66-63-57-51-41-29-21-13-9-7-8-11-15(13)23(29)33-27-19(11)20-12(8)16-14-10(7)18-17(9)25-31(21)39-45-35(25)36-26(18)32-22(14)30-24(16)34-28(20)38-37(27)49(43(33)51)59(63)60-50(38)44(34)52-42(30)48-40(32)46(36)54-53(45)61(55(57)47(39)41)65(66,5-67(6)2)62(54)56(48)58(52)64(60)66/h6H,3-5H2,1-2H3. The van der Waals surface area contributed by atoms with Crippen LogP contribution in [0.1, 0.15) is 42.0 Å². The fourth-order valence-corrected chi connectivity index (χ4v) is 25.9. The predicted molar refractivity (Wildman–Crippen MR) is 285 cm³/mol. The van der Waals surface area contributed by atoms with E-state index in [1.807, 2.05) is 22.3 Å². The first kappa shape index (κ1) is 24.8. The van der Waals surface area contributed by atoms with Crippen LogP contribution in [0.2, 0.25) is 0 Å². The van der Waals surface area contributed by atoms with Crippen LogP contribution in [0, 0.1) is 0 Å². The van der Waals surface area contributed by atoms with Crippen LogP contribution < -0.4 is 0 Å². The highest BCUT2D eigenvalue weighted by atomic mass is 15.2. The number of hydrogen-bond donors (Lipinski definition) is 0. The quantitative estimate of drug-likeness (QED) is 0.157. The molecule has 1 unspecified atom stereocenters. The molecular weight excluding hydrogens is 807 g/mol. The third-order valence-electron chi connectivity index (χ3n) is 25.6. The third-order valence-corrected chi connectivity index (χ3v) is 25.6. The molecule has 1 atom stereocenters. The Morgan fingerprint density at radius 1 is 0.269 bits per heavy atom. The first-order chi connectivity index (χ1) is 33.3. The molecule has 1 aliphatic heterocycles. The monoisotopic (exact) mass is 819 g/mol. The molecule has 67 heavy (non-hydrogen) atoms. The van der Waals surface area contributed by atoms with Crippen molar-refractivity contribution in [2.45, 2.75) is 36.6 Å². The van der Waals surface area contributed by atoms with Gasteiger partial charge < -0.3 is 4.90 Å². The van der Waals surface area contributed by atoms with E-state index in [-0.39, 0.29) is 10.8 Å². The highest BCUT2D eigenvalue weighted by Crippen LogP contribution is 2.86. The van der Waals surface area contributed by atoms with Gasteiger partial charge in [-0.15, -0.1) is 0 Å². The molecule has 0 radical (unpaired) electrons. The number of rotatable bonds is 2. The van der Waals surface area contributed by atoms with Crippen LogP contribution in [0.25, 0.3) is 291 Å². The van der Waals surface area contributed by atoms with E-state index < -0.39 is 0 Å². The van der Waals surface area contributed by atoms with E-state index in [9.17, 15) is 0 Å². The van der Waals surface area contributed by atoms with Crippen molar-refractivity contribution in [3.05, 3.63) is 22.3 Å². The molecule has 1 heteroatoms. The van der Waals surface area contributed by atoms with Crippen LogP contribution in [0.3, 0.4) is 0 Å². The van der Waals surface area contributed by atoms with Crippen LogP contribution in [0.5, 0.6) is 0 Å². The van der Waals surface area contributed by atoms with Gasteiger partial charge in [0.05, 0.1) is 10.8 Å². The molecule has 4 aliphatic carbocycles. The van der Waals surface area contributed by atoms with Gasteiger partial charge in [-0.1, -0.05) is 13.3 Å². The Hall–Kier alpha value is -7.58. The van der Waals surface area contributed by atoms with Crippen molar-refractivity contribution >= 4 is 291 Å². The first-order valence-corrected chi connectivity index (χ1v) is 25.8. The number of benzene rings is 18. The molecular formula is C66H13N. The summed E-state index contributed by atoms with van der Waals surface area (Å²) < 4.78 is 0. The van der Waals surface area contributed by atoms with Crippen molar-refractivity contribution in [2.24, 2.45) is 0 Å². The van der Waals surface area contributed by atoms with Gasteiger partial charge in [-0.3, -0.25) is 0 Å². The fraction of sp³-hybridized carbons (Fsp3) is 0.121. The predicted octanol–water partition coefficient (Wildman–Crippen LogP) is 17.4. The normalized spacial score (nSPS) is 24.5. The second-order valence-corrected chi connectivity index (χ2v) is 25.7. The summed E-state index contributed by atoms with van der Waals surface area (Å²) in [7, 11) is 2.60. The molecule has 33 rings (SSSR count). The van der Waals surface area contributed by atoms with Gasteiger partial charge in [0.2, 0.25) is 0 Å². The molecule has 28 aromatic rings. The zero-order valence-corrected chi connectivity index (χ0v) is 35.1. The highest BCUT2D eigenvalue weighted by molar-refractivity contribution is 6.82. The Morgan fingerprint density at radius 3 is 0.612 bits per heavy atom. The van der Waals surface area contributed by atoms with Gasteiger partial charge in [0.1, 0.15) is 0 Å². The lowest BCUT2D eigenvalue weighted by molar-refractivity contribution is 0.249. The van der Waals surface area contributed by atoms with E-state index >= 15 is 0 Å². The van der Waals surface area contributed by atoms with Crippen LogP contribution in [-0.2, 0) is 10.8 Å². The van der Waals surface area contributed by atoms with Gasteiger partial charge in [0, 0.05) is 12.6 Å². The SMILES string of the molecule is CCCC1N(C)CC23c4c5c6c7c8c9c(c%10c%11c2c2c4c4c%12c5c5c6c6c8c8c%13c9c9c%10c%10c%11c%11c2c2c4c4c%12c%12c5c5c6c8c6c8c%13c9c9c%10c%10c%11c2c2c4c4c%12c5c6c5c8c9c%10c2c45)C713. The fourth-order valence-electron chi connectivity index (χ4n) is 25.9. The molecule has 0 saturated carbocycles. The molecule has 1 heterocycles. The number of nitrogens with zero attached hydrogens (tertiary/aromatic N) is 1. The second kappa shape index (κ2) is 5.48. The Morgan fingerprint density at radius 2 is 0.433 bits per heavy atom. The van der Waals surface area contributed by atoms with E-state index in [1.165, 1.54) is 12.8 Å². The first-order valence-electron chi connectivity index (χ1n) is 25.8. The molecule has 0 N–H and O–H groups in total. The van der Waals surface area contributed by atoms with Crippen molar-refractivity contribution in [3.63, 3.8) is 0 Å². The Bertz CT molecular complexity index is 6850. The largest absolute Gasteiger partial charge is 0.301 e. The van der Waals surface area contributed by atoms with E-state index in [4.69, 9.17) is 0 Å². The van der Waals surface area contributed by atoms with Crippen LogP contribution in [0.15, 0.2) is 0 Å². The summed E-state index contributed by atoms with van der Waals surface area (Å²) in [5, 5.41) is 91.8. The van der Waals surface area contributed by atoms with Crippen LogP contribution >= 0.6 is 0 Å². The van der Waals surface area contributed by atoms with E-state index in [2.05, 4.69) is 18.9 Å². The van der Waals surface area contributed by atoms with Crippen molar-refractivity contribution in [1.29, 1.82) is 0 Å². The number of likely N-dealkylation sites (tertiary alicyclic amines) is 1. The van der Waals surface area contributed by atoms with Crippen molar-refractivity contribution in [1.82, 2.24) is 4.90 Å². The lowest BCUT2D eigenvalue weighted by atomic mass is 9.48. The molecule has 0 amide bonds. The van der Waals surface area contributed by atoms with Gasteiger partial charge in [0.15, 0.2) is 0 Å². The Balaban J connectivity index is 1.25. The minimum atomic E-state index is -0.136. The minimum absolute atomic E-state index is 0.132. The zero-order chi connectivity index (χ0) is 39.8. The number of hydrogen-bond acceptors (Lipinski definition) is 1. The van der Waals surface area contributed by atoms with Gasteiger partial charge >= 0.3 is 0 Å². The van der Waals surface area contributed by atoms with Gasteiger partial charge in [-0.25, -0.2) is 0 Å².